The fourth-order valence-corrected chi connectivity index (χ4v) is 3.18. The normalized spacial score (nSPS) is 20.4. The first-order valence-electron chi connectivity index (χ1n) is 7.99. The summed E-state index contributed by atoms with van der Waals surface area (Å²) in [5.74, 6) is -0.179. The highest BCUT2D eigenvalue weighted by Gasteiger charge is 2.32. The third-order valence-corrected chi connectivity index (χ3v) is 4.61. The van der Waals surface area contributed by atoms with E-state index >= 15 is 0 Å². The van der Waals surface area contributed by atoms with E-state index in [1.54, 1.807) is 0 Å². The molecule has 1 aromatic rings. The average molecular weight is 293 g/mol. The van der Waals surface area contributed by atoms with Gasteiger partial charge in [0.15, 0.2) is 0 Å². The molecule has 1 aliphatic rings. The SMILES string of the molecule is CCCN1CCN(C(C)(CN)Cc2ccc(F)cc2)CC1. The molecule has 0 saturated carbocycles. The van der Waals surface area contributed by atoms with Crippen molar-refractivity contribution in [1.29, 1.82) is 0 Å². The summed E-state index contributed by atoms with van der Waals surface area (Å²) in [7, 11) is 0. The quantitative estimate of drug-likeness (QED) is 0.872. The van der Waals surface area contributed by atoms with Gasteiger partial charge in [-0.2, -0.15) is 0 Å². The van der Waals surface area contributed by atoms with E-state index in [2.05, 4.69) is 23.6 Å². The van der Waals surface area contributed by atoms with Crippen LogP contribution in [0.3, 0.4) is 0 Å². The maximum atomic E-state index is 13.0. The molecule has 1 aromatic carbocycles. The molecule has 1 aliphatic heterocycles. The molecule has 0 bridgehead atoms. The van der Waals surface area contributed by atoms with Crippen molar-refractivity contribution in [3.8, 4) is 0 Å². The van der Waals surface area contributed by atoms with Gasteiger partial charge in [0.05, 0.1) is 0 Å². The van der Waals surface area contributed by atoms with E-state index in [1.807, 2.05) is 12.1 Å². The van der Waals surface area contributed by atoms with E-state index in [9.17, 15) is 4.39 Å². The summed E-state index contributed by atoms with van der Waals surface area (Å²) in [6, 6.07) is 6.81. The largest absolute Gasteiger partial charge is 0.329 e. The molecule has 4 heteroatoms. The van der Waals surface area contributed by atoms with Gasteiger partial charge in [-0.05, 0) is 44.0 Å². The van der Waals surface area contributed by atoms with Crippen LogP contribution in [0.25, 0.3) is 0 Å². The number of rotatable bonds is 6. The second kappa shape index (κ2) is 7.34. The van der Waals surface area contributed by atoms with Crippen LogP contribution < -0.4 is 5.73 Å². The fraction of sp³-hybridized carbons (Fsp3) is 0.647. The lowest BCUT2D eigenvalue weighted by Gasteiger charge is -2.45. The molecule has 1 fully saturated rings. The van der Waals surface area contributed by atoms with Crippen LogP contribution in [-0.2, 0) is 6.42 Å². The van der Waals surface area contributed by atoms with Gasteiger partial charge in [-0.3, -0.25) is 4.90 Å². The highest BCUT2D eigenvalue weighted by molar-refractivity contribution is 5.19. The Labute approximate surface area is 127 Å². The second-order valence-electron chi connectivity index (χ2n) is 6.33. The third-order valence-electron chi connectivity index (χ3n) is 4.61. The summed E-state index contributed by atoms with van der Waals surface area (Å²) in [6.45, 7) is 10.6. The van der Waals surface area contributed by atoms with Crippen molar-refractivity contribution >= 4 is 0 Å². The van der Waals surface area contributed by atoms with Gasteiger partial charge < -0.3 is 10.6 Å². The first kappa shape index (κ1) is 16.4. The van der Waals surface area contributed by atoms with Gasteiger partial charge >= 0.3 is 0 Å². The zero-order chi connectivity index (χ0) is 15.3. The smallest absolute Gasteiger partial charge is 0.123 e. The molecule has 2 N–H and O–H groups in total. The maximum Gasteiger partial charge on any atom is 0.123 e. The predicted octanol–water partition coefficient (Wildman–Crippen LogP) is 2.11. The first-order valence-corrected chi connectivity index (χ1v) is 7.99. The number of nitrogens with two attached hydrogens (primary N) is 1. The minimum atomic E-state index is -0.179. The number of hydrogen-bond donors (Lipinski definition) is 1. The van der Waals surface area contributed by atoms with Crippen LogP contribution in [0, 0.1) is 5.82 Å². The molecule has 2 rings (SSSR count). The Morgan fingerprint density at radius 2 is 1.76 bits per heavy atom. The summed E-state index contributed by atoms with van der Waals surface area (Å²) in [5.41, 5.74) is 7.19. The van der Waals surface area contributed by atoms with Crippen LogP contribution in [0.1, 0.15) is 25.8 Å². The Morgan fingerprint density at radius 3 is 2.29 bits per heavy atom. The van der Waals surface area contributed by atoms with Crippen LogP contribution in [0.5, 0.6) is 0 Å². The molecule has 0 amide bonds. The number of halogens is 1. The van der Waals surface area contributed by atoms with Crippen LogP contribution in [-0.4, -0.2) is 54.6 Å². The molecule has 0 aliphatic carbocycles. The minimum Gasteiger partial charge on any atom is -0.329 e. The van der Waals surface area contributed by atoms with E-state index in [4.69, 9.17) is 5.73 Å². The summed E-state index contributed by atoms with van der Waals surface area (Å²) < 4.78 is 13.0. The van der Waals surface area contributed by atoms with Gasteiger partial charge in [0.25, 0.3) is 0 Å². The molecule has 1 heterocycles. The molecule has 3 nitrogen and oxygen atoms in total. The minimum absolute atomic E-state index is 0.0455. The lowest BCUT2D eigenvalue weighted by molar-refractivity contribution is 0.0466. The van der Waals surface area contributed by atoms with Crippen molar-refractivity contribution in [2.24, 2.45) is 5.73 Å². The van der Waals surface area contributed by atoms with Crippen molar-refractivity contribution in [3.05, 3.63) is 35.6 Å². The zero-order valence-corrected chi connectivity index (χ0v) is 13.3. The molecule has 1 unspecified atom stereocenters. The van der Waals surface area contributed by atoms with Crippen LogP contribution >= 0.6 is 0 Å². The summed E-state index contributed by atoms with van der Waals surface area (Å²) in [5, 5.41) is 0. The van der Waals surface area contributed by atoms with Crippen molar-refractivity contribution in [2.45, 2.75) is 32.2 Å². The maximum absolute atomic E-state index is 13.0. The molecule has 21 heavy (non-hydrogen) atoms. The van der Waals surface area contributed by atoms with E-state index < -0.39 is 0 Å². The van der Waals surface area contributed by atoms with Gasteiger partial charge in [0, 0.05) is 38.3 Å². The number of nitrogens with zero attached hydrogens (tertiary/aromatic N) is 2. The Balaban J connectivity index is 1.99. The number of hydrogen-bond acceptors (Lipinski definition) is 3. The molecule has 118 valence electrons. The second-order valence-corrected chi connectivity index (χ2v) is 6.33. The van der Waals surface area contributed by atoms with Gasteiger partial charge in [-0.25, -0.2) is 4.39 Å². The molecule has 0 aromatic heterocycles. The van der Waals surface area contributed by atoms with Crippen molar-refractivity contribution in [1.82, 2.24) is 9.80 Å². The molecule has 1 atom stereocenters. The Bertz CT molecular complexity index is 426. The van der Waals surface area contributed by atoms with Crippen LogP contribution in [0.4, 0.5) is 4.39 Å². The molecule has 0 radical (unpaired) electrons. The lowest BCUT2D eigenvalue weighted by Crippen LogP contribution is -2.59. The first-order chi connectivity index (χ1) is 10.1. The van der Waals surface area contributed by atoms with Crippen molar-refractivity contribution in [3.63, 3.8) is 0 Å². The monoisotopic (exact) mass is 293 g/mol. The third kappa shape index (κ3) is 4.25. The molecular weight excluding hydrogens is 265 g/mol. The fourth-order valence-electron chi connectivity index (χ4n) is 3.18. The summed E-state index contributed by atoms with van der Waals surface area (Å²) >= 11 is 0. The van der Waals surface area contributed by atoms with Crippen molar-refractivity contribution in [2.75, 3.05) is 39.3 Å². The number of piperazine rings is 1. The van der Waals surface area contributed by atoms with Gasteiger partial charge in [0.2, 0.25) is 0 Å². The van der Waals surface area contributed by atoms with Crippen LogP contribution in [0.15, 0.2) is 24.3 Å². The van der Waals surface area contributed by atoms with Crippen molar-refractivity contribution < 1.29 is 4.39 Å². The lowest BCUT2D eigenvalue weighted by atomic mass is 9.90. The molecule has 1 saturated heterocycles. The molecule has 0 spiro atoms. The number of benzene rings is 1. The highest BCUT2D eigenvalue weighted by atomic mass is 19.1. The Morgan fingerprint density at radius 1 is 1.14 bits per heavy atom. The van der Waals surface area contributed by atoms with Gasteiger partial charge in [-0.15, -0.1) is 0 Å². The van der Waals surface area contributed by atoms with E-state index in [0.717, 1.165) is 38.2 Å². The standard InChI is InChI=1S/C17H28FN3/c1-3-8-20-9-11-21(12-10-20)17(2,14-19)13-15-4-6-16(18)7-5-15/h4-7H,3,8-14,19H2,1-2H3. The summed E-state index contributed by atoms with van der Waals surface area (Å²) in [4.78, 5) is 5.02. The average Bonchev–Trinajstić information content (AvgIpc) is 2.50. The zero-order valence-electron chi connectivity index (χ0n) is 13.3. The van der Waals surface area contributed by atoms with Gasteiger partial charge in [-0.1, -0.05) is 19.1 Å². The topological polar surface area (TPSA) is 32.5 Å². The van der Waals surface area contributed by atoms with Crippen LogP contribution in [0.2, 0.25) is 0 Å². The van der Waals surface area contributed by atoms with E-state index in [-0.39, 0.29) is 11.4 Å². The van der Waals surface area contributed by atoms with E-state index in [0.29, 0.717) is 6.54 Å². The predicted molar refractivity (Wildman–Crippen MR) is 85.9 cm³/mol. The van der Waals surface area contributed by atoms with E-state index in [1.165, 1.54) is 25.1 Å². The Hall–Kier alpha value is -0.970. The highest BCUT2D eigenvalue weighted by Crippen LogP contribution is 2.22. The Kier molecular flexibility index (Phi) is 5.73. The van der Waals surface area contributed by atoms with Gasteiger partial charge in [0.1, 0.15) is 5.82 Å². The molecular formula is C17H28FN3. The summed E-state index contributed by atoms with van der Waals surface area (Å²) in [6.07, 6.45) is 2.08.